The van der Waals surface area contributed by atoms with Gasteiger partial charge in [-0.3, -0.25) is 0 Å². The predicted octanol–water partition coefficient (Wildman–Crippen LogP) is 1.59. The summed E-state index contributed by atoms with van der Waals surface area (Å²) in [7, 11) is 0. The van der Waals surface area contributed by atoms with Crippen molar-refractivity contribution in [2.45, 2.75) is 39.2 Å². The number of likely N-dealkylation sites (tertiary alicyclic amines) is 1. The van der Waals surface area contributed by atoms with Crippen molar-refractivity contribution in [3.8, 4) is 0 Å². The number of hydrogen-bond acceptors (Lipinski definition) is 1. The SMILES string of the molecule is CC(C)NC(=O)N1CCCCC1. The first-order valence-corrected chi connectivity index (χ1v) is 4.75. The van der Waals surface area contributed by atoms with Crippen LogP contribution in [0.4, 0.5) is 4.79 Å². The van der Waals surface area contributed by atoms with E-state index < -0.39 is 0 Å². The fourth-order valence-electron chi connectivity index (χ4n) is 1.44. The predicted molar refractivity (Wildman–Crippen MR) is 49.1 cm³/mol. The first-order chi connectivity index (χ1) is 5.70. The Kier molecular flexibility index (Phi) is 3.38. The number of nitrogens with one attached hydrogen (secondary N) is 1. The maximum atomic E-state index is 11.4. The topological polar surface area (TPSA) is 32.3 Å². The van der Waals surface area contributed by atoms with Crippen molar-refractivity contribution in [1.29, 1.82) is 0 Å². The van der Waals surface area contributed by atoms with Gasteiger partial charge in [-0.2, -0.15) is 0 Å². The number of rotatable bonds is 1. The third kappa shape index (κ3) is 2.72. The van der Waals surface area contributed by atoms with Crippen molar-refractivity contribution in [2.75, 3.05) is 13.1 Å². The van der Waals surface area contributed by atoms with Gasteiger partial charge in [0.25, 0.3) is 0 Å². The van der Waals surface area contributed by atoms with Crippen molar-refractivity contribution in [1.82, 2.24) is 10.2 Å². The second-order valence-electron chi connectivity index (χ2n) is 3.65. The van der Waals surface area contributed by atoms with Crippen molar-refractivity contribution in [2.24, 2.45) is 0 Å². The fraction of sp³-hybridized carbons (Fsp3) is 0.889. The van der Waals surface area contributed by atoms with Gasteiger partial charge in [0, 0.05) is 19.1 Å². The summed E-state index contributed by atoms with van der Waals surface area (Å²) in [6, 6.07) is 0.351. The molecule has 1 fully saturated rings. The highest BCUT2D eigenvalue weighted by atomic mass is 16.2. The summed E-state index contributed by atoms with van der Waals surface area (Å²) < 4.78 is 0. The molecule has 2 amide bonds. The molecule has 0 aliphatic carbocycles. The summed E-state index contributed by atoms with van der Waals surface area (Å²) >= 11 is 0. The monoisotopic (exact) mass is 170 g/mol. The van der Waals surface area contributed by atoms with Crippen LogP contribution in [-0.2, 0) is 0 Å². The van der Waals surface area contributed by atoms with Crippen LogP contribution in [0.25, 0.3) is 0 Å². The van der Waals surface area contributed by atoms with Gasteiger partial charge in [0.15, 0.2) is 0 Å². The van der Waals surface area contributed by atoms with Crippen LogP contribution >= 0.6 is 0 Å². The highest BCUT2D eigenvalue weighted by molar-refractivity contribution is 5.74. The Morgan fingerprint density at radius 3 is 2.33 bits per heavy atom. The summed E-state index contributed by atoms with van der Waals surface area (Å²) in [5.41, 5.74) is 0. The van der Waals surface area contributed by atoms with Crippen LogP contribution in [0.1, 0.15) is 33.1 Å². The Morgan fingerprint density at radius 1 is 1.25 bits per heavy atom. The molecule has 3 nitrogen and oxygen atoms in total. The van der Waals surface area contributed by atoms with Crippen LogP contribution in [-0.4, -0.2) is 30.1 Å². The third-order valence-corrected chi connectivity index (χ3v) is 2.06. The number of hydrogen-bond donors (Lipinski definition) is 1. The van der Waals surface area contributed by atoms with Gasteiger partial charge < -0.3 is 10.2 Å². The molecule has 1 saturated heterocycles. The zero-order chi connectivity index (χ0) is 8.97. The molecule has 0 saturated carbocycles. The van der Waals surface area contributed by atoms with E-state index in [0.717, 1.165) is 25.9 Å². The summed E-state index contributed by atoms with van der Waals surface area (Å²) in [5.74, 6) is 0. The molecule has 0 atom stereocenters. The maximum Gasteiger partial charge on any atom is 0.317 e. The lowest BCUT2D eigenvalue weighted by Crippen LogP contribution is -2.45. The van der Waals surface area contributed by atoms with E-state index in [0.29, 0.717) is 0 Å². The van der Waals surface area contributed by atoms with Crippen LogP contribution in [0.3, 0.4) is 0 Å². The quantitative estimate of drug-likeness (QED) is 0.637. The average Bonchev–Trinajstić information content (AvgIpc) is 2.05. The van der Waals surface area contributed by atoms with E-state index >= 15 is 0 Å². The normalized spacial score (nSPS) is 18.1. The highest BCUT2D eigenvalue weighted by Crippen LogP contribution is 2.08. The summed E-state index contributed by atoms with van der Waals surface area (Å²) in [5, 5.41) is 2.90. The van der Waals surface area contributed by atoms with E-state index in [4.69, 9.17) is 0 Å². The Bertz CT molecular complexity index is 151. The summed E-state index contributed by atoms with van der Waals surface area (Å²) in [4.78, 5) is 13.3. The highest BCUT2D eigenvalue weighted by Gasteiger charge is 2.16. The maximum absolute atomic E-state index is 11.4. The van der Waals surface area contributed by atoms with Crippen LogP contribution in [0, 0.1) is 0 Å². The molecule has 3 heteroatoms. The number of piperidine rings is 1. The van der Waals surface area contributed by atoms with Gasteiger partial charge in [-0.05, 0) is 33.1 Å². The molecule has 1 heterocycles. The molecule has 0 unspecified atom stereocenters. The van der Waals surface area contributed by atoms with Gasteiger partial charge in [-0.15, -0.1) is 0 Å². The molecule has 12 heavy (non-hydrogen) atoms. The van der Waals surface area contributed by atoms with Crippen LogP contribution in [0.5, 0.6) is 0 Å². The van der Waals surface area contributed by atoms with Gasteiger partial charge in [0.2, 0.25) is 0 Å². The number of carbonyl (C=O) groups is 1. The van der Waals surface area contributed by atoms with Crippen LogP contribution in [0.15, 0.2) is 0 Å². The van der Waals surface area contributed by atoms with E-state index in [2.05, 4.69) is 5.32 Å². The molecule has 0 spiro atoms. The molecule has 1 N–H and O–H groups in total. The minimum Gasteiger partial charge on any atom is -0.336 e. The lowest BCUT2D eigenvalue weighted by atomic mass is 10.1. The van der Waals surface area contributed by atoms with Crippen molar-refractivity contribution in [3.05, 3.63) is 0 Å². The van der Waals surface area contributed by atoms with E-state index in [9.17, 15) is 4.79 Å². The molecule has 1 rings (SSSR count). The molecule has 1 aliphatic heterocycles. The Labute approximate surface area is 74.1 Å². The Balaban J connectivity index is 2.30. The molecule has 0 bridgehead atoms. The largest absolute Gasteiger partial charge is 0.336 e. The molecule has 70 valence electrons. The molecule has 0 aromatic rings. The second kappa shape index (κ2) is 4.33. The van der Waals surface area contributed by atoms with Gasteiger partial charge in [-0.1, -0.05) is 0 Å². The molecular weight excluding hydrogens is 152 g/mol. The zero-order valence-electron chi connectivity index (χ0n) is 7.97. The zero-order valence-corrected chi connectivity index (χ0v) is 7.97. The average molecular weight is 170 g/mol. The Hall–Kier alpha value is -0.730. The number of carbonyl (C=O) groups excluding carboxylic acids is 1. The second-order valence-corrected chi connectivity index (χ2v) is 3.65. The van der Waals surface area contributed by atoms with Gasteiger partial charge in [-0.25, -0.2) is 4.79 Å². The Morgan fingerprint density at radius 2 is 1.83 bits per heavy atom. The van der Waals surface area contributed by atoms with Crippen molar-refractivity contribution >= 4 is 6.03 Å². The lowest BCUT2D eigenvalue weighted by Gasteiger charge is -2.27. The minimum absolute atomic E-state index is 0.102. The van der Waals surface area contributed by atoms with E-state index in [-0.39, 0.29) is 12.1 Å². The van der Waals surface area contributed by atoms with Crippen LogP contribution < -0.4 is 5.32 Å². The van der Waals surface area contributed by atoms with Crippen molar-refractivity contribution in [3.63, 3.8) is 0 Å². The first kappa shape index (κ1) is 9.36. The van der Waals surface area contributed by atoms with Gasteiger partial charge in [0.05, 0.1) is 0 Å². The van der Waals surface area contributed by atoms with Crippen LogP contribution in [0.2, 0.25) is 0 Å². The lowest BCUT2D eigenvalue weighted by molar-refractivity contribution is 0.184. The standard InChI is InChI=1S/C9H18N2O/c1-8(2)10-9(12)11-6-4-3-5-7-11/h8H,3-7H2,1-2H3,(H,10,12). The third-order valence-electron chi connectivity index (χ3n) is 2.06. The number of nitrogens with zero attached hydrogens (tertiary/aromatic N) is 1. The number of urea groups is 1. The molecular formula is C9H18N2O. The first-order valence-electron chi connectivity index (χ1n) is 4.75. The van der Waals surface area contributed by atoms with Crippen molar-refractivity contribution < 1.29 is 4.79 Å². The van der Waals surface area contributed by atoms with E-state index in [1.165, 1.54) is 6.42 Å². The fourth-order valence-corrected chi connectivity index (χ4v) is 1.44. The van der Waals surface area contributed by atoms with Gasteiger partial charge >= 0.3 is 6.03 Å². The van der Waals surface area contributed by atoms with Gasteiger partial charge in [0.1, 0.15) is 0 Å². The molecule has 0 radical (unpaired) electrons. The smallest absolute Gasteiger partial charge is 0.317 e. The summed E-state index contributed by atoms with van der Waals surface area (Å²) in [6.07, 6.45) is 3.59. The van der Waals surface area contributed by atoms with E-state index in [1.54, 1.807) is 0 Å². The van der Waals surface area contributed by atoms with E-state index in [1.807, 2.05) is 18.7 Å². The molecule has 1 aliphatic rings. The summed E-state index contributed by atoms with van der Waals surface area (Å²) in [6.45, 7) is 5.83. The molecule has 0 aromatic carbocycles. The molecule has 0 aromatic heterocycles. The number of amides is 2. The minimum atomic E-state index is 0.102.